The molecule has 2 aromatic carbocycles. The van der Waals surface area contributed by atoms with E-state index in [-0.39, 0.29) is 12.3 Å². The van der Waals surface area contributed by atoms with Crippen LogP contribution in [-0.4, -0.2) is 52.6 Å². The molecular formula is C27H25FN6O2. The van der Waals surface area contributed by atoms with Gasteiger partial charge in [-0.05, 0) is 47.5 Å². The lowest BCUT2D eigenvalue weighted by molar-refractivity contribution is 0.122. The molecule has 1 aliphatic heterocycles. The van der Waals surface area contributed by atoms with Gasteiger partial charge < -0.3 is 20.1 Å². The summed E-state index contributed by atoms with van der Waals surface area (Å²) in [7, 11) is 0. The number of ether oxygens (including phenoxy) is 1. The number of anilines is 3. The van der Waals surface area contributed by atoms with Gasteiger partial charge in [-0.15, -0.1) is 0 Å². The second-order valence-electron chi connectivity index (χ2n) is 8.25. The minimum absolute atomic E-state index is 0.227. The van der Waals surface area contributed by atoms with Gasteiger partial charge >= 0.3 is 0 Å². The molecule has 3 heterocycles. The molecule has 5 rings (SSSR count). The molecule has 4 aromatic rings. The fraction of sp³-hybridized carbons (Fsp3) is 0.185. The zero-order valence-corrected chi connectivity index (χ0v) is 19.5. The number of pyridine rings is 1. The van der Waals surface area contributed by atoms with Crippen LogP contribution >= 0.6 is 0 Å². The van der Waals surface area contributed by atoms with Crippen molar-refractivity contribution in [2.24, 2.45) is 4.99 Å². The highest BCUT2D eigenvalue weighted by molar-refractivity contribution is 5.77. The Bertz CT molecular complexity index is 1340. The number of halogens is 1. The van der Waals surface area contributed by atoms with E-state index in [1.165, 1.54) is 6.20 Å². The number of rotatable bonds is 7. The zero-order valence-electron chi connectivity index (χ0n) is 19.5. The summed E-state index contributed by atoms with van der Waals surface area (Å²) in [6.45, 7) is 2.53. The third-order valence-corrected chi connectivity index (χ3v) is 5.68. The lowest BCUT2D eigenvalue weighted by Crippen LogP contribution is -2.37. The molecule has 0 atom stereocenters. The summed E-state index contributed by atoms with van der Waals surface area (Å²) >= 11 is 0. The van der Waals surface area contributed by atoms with Crippen LogP contribution < -0.4 is 10.2 Å². The summed E-state index contributed by atoms with van der Waals surface area (Å²) in [5, 5.41) is 13.0. The third kappa shape index (κ3) is 5.81. The number of nitrogens with one attached hydrogen (secondary N) is 1. The molecule has 0 bridgehead atoms. The van der Waals surface area contributed by atoms with E-state index in [9.17, 15) is 9.50 Å². The highest BCUT2D eigenvalue weighted by Gasteiger charge is 2.17. The number of aromatic nitrogens is 3. The number of nitrogens with zero attached hydrogens (tertiary/aromatic N) is 5. The van der Waals surface area contributed by atoms with Crippen molar-refractivity contribution in [3.63, 3.8) is 0 Å². The number of aliphatic imine (C=N–C) groups is 1. The van der Waals surface area contributed by atoms with Gasteiger partial charge in [0.15, 0.2) is 17.5 Å². The molecule has 2 aromatic heterocycles. The molecule has 1 aliphatic rings. The second kappa shape index (κ2) is 10.9. The van der Waals surface area contributed by atoms with Crippen molar-refractivity contribution in [2.45, 2.75) is 6.54 Å². The van der Waals surface area contributed by atoms with Crippen LogP contribution in [0, 0.1) is 5.82 Å². The van der Waals surface area contributed by atoms with Crippen molar-refractivity contribution in [2.75, 3.05) is 36.5 Å². The molecule has 0 spiro atoms. The summed E-state index contributed by atoms with van der Waals surface area (Å²) in [5.74, 6) is 0.541. The Kier molecular flexibility index (Phi) is 7.09. The summed E-state index contributed by atoms with van der Waals surface area (Å²) in [6, 6.07) is 18.9. The predicted octanol–water partition coefficient (Wildman–Crippen LogP) is 4.58. The molecule has 0 radical (unpaired) electrons. The van der Waals surface area contributed by atoms with Gasteiger partial charge in [0.1, 0.15) is 5.75 Å². The van der Waals surface area contributed by atoms with E-state index in [0.717, 1.165) is 22.5 Å². The van der Waals surface area contributed by atoms with E-state index in [0.29, 0.717) is 43.6 Å². The number of hydrogen-bond donors (Lipinski definition) is 2. The van der Waals surface area contributed by atoms with Gasteiger partial charge in [-0.1, -0.05) is 24.3 Å². The van der Waals surface area contributed by atoms with Crippen molar-refractivity contribution in [1.29, 1.82) is 0 Å². The van der Waals surface area contributed by atoms with Gasteiger partial charge in [0.05, 0.1) is 43.5 Å². The Morgan fingerprint density at radius 3 is 2.53 bits per heavy atom. The SMILES string of the molecule is Oc1cccc(-c2ccc(Nc3ccc(/C=N/Cc4ncc(F)c(N5CCOCC5)n4)nc3)cc2)c1. The van der Waals surface area contributed by atoms with E-state index in [1.54, 1.807) is 24.5 Å². The number of benzene rings is 2. The first-order chi connectivity index (χ1) is 17.6. The Balaban J connectivity index is 1.18. The van der Waals surface area contributed by atoms with Gasteiger partial charge in [0.2, 0.25) is 0 Å². The van der Waals surface area contributed by atoms with E-state index in [2.05, 4.69) is 25.3 Å². The maximum absolute atomic E-state index is 14.2. The highest BCUT2D eigenvalue weighted by atomic mass is 19.1. The van der Waals surface area contributed by atoms with E-state index < -0.39 is 5.82 Å². The molecule has 9 heteroatoms. The van der Waals surface area contributed by atoms with Crippen molar-refractivity contribution in [3.05, 3.63) is 90.4 Å². The normalized spacial score (nSPS) is 13.8. The fourth-order valence-corrected chi connectivity index (χ4v) is 3.84. The highest BCUT2D eigenvalue weighted by Crippen LogP contribution is 2.25. The minimum atomic E-state index is -0.441. The summed E-state index contributed by atoms with van der Waals surface area (Å²) in [4.78, 5) is 19.1. The van der Waals surface area contributed by atoms with Crippen molar-refractivity contribution in [3.8, 4) is 16.9 Å². The Hall–Kier alpha value is -4.37. The molecule has 0 saturated carbocycles. The number of morpholine rings is 1. The maximum atomic E-state index is 14.2. The van der Waals surface area contributed by atoms with E-state index >= 15 is 0 Å². The molecule has 1 fully saturated rings. The predicted molar refractivity (Wildman–Crippen MR) is 137 cm³/mol. The average Bonchev–Trinajstić information content (AvgIpc) is 2.91. The van der Waals surface area contributed by atoms with E-state index in [4.69, 9.17) is 4.74 Å². The van der Waals surface area contributed by atoms with Gasteiger partial charge in [-0.3, -0.25) is 9.98 Å². The Morgan fingerprint density at radius 2 is 1.78 bits per heavy atom. The summed E-state index contributed by atoms with van der Waals surface area (Å²) in [6.07, 6.45) is 4.57. The Labute approximate surface area is 208 Å². The van der Waals surface area contributed by atoms with Crippen molar-refractivity contribution < 1.29 is 14.2 Å². The van der Waals surface area contributed by atoms with Crippen LogP contribution in [0.5, 0.6) is 5.75 Å². The zero-order chi connectivity index (χ0) is 24.7. The monoisotopic (exact) mass is 484 g/mol. The number of aromatic hydroxyl groups is 1. The lowest BCUT2D eigenvalue weighted by Gasteiger charge is -2.28. The van der Waals surface area contributed by atoms with Crippen LogP contribution in [0.4, 0.5) is 21.6 Å². The Morgan fingerprint density at radius 1 is 0.972 bits per heavy atom. The summed E-state index contributed by atoms with van der Waals surface area (Å²) < 4.78 is 19.5. The second-order valence-corrected chi connectivity index (χ2v) is 8.25. The van der Waals surface area contributed by atoms with Crippen molar-refractivity contribution >= 4 is 23.4 Å². The first-order valence-electron chi connectivity index (χ1n) is 11.6. The molecule has 0 amide bonds. The van der Waals surface area contributed by atoms with Crippen LogP contribution in [0.2, 0.25) is 0 Å². The van der Waals surface area contributed by atoms with Crippen LogP contribution in [0.3, 0.4) is 0 Å². The van der Waals surface area contributed by atoms with Gasteiger partial charge in [0, 0.05) is 25.0 Å². The van der Waals surface area contributed by atoms with Crippen LogP contribution in [0.15, 0.2) is 78.0 Å². The van der Waals surface area contributed by atoms with E-state index in [1.807, 2.05) is 53.4 Å². The lowest BCUT2D eigenvalue weighted by atomic mass is 10.1. The quantitative estimate of drug-likeness (QED) is 0.371. The standard InChI is InChI=1S/C27H25FN6O2/c28-25-17-31-26(33-27(25)34-10-12-36-13-11-34)18-29-15-22-8-9-23(16-30-22)32-21-6-4-19(5-7-21)20-2-1-3-24(35)14-20/h1-9,14-17,32,35H,10-13,18H2/b29-15+. The minimum Gasteiger partial charge on any atom is -0.508 e. The first kappa shape index (κ1) is 23.4. The summed E-state index contributed by atoms with van der Waals surface area (Å²) in [5.41, 5.74) is 4.43. The van der Waals surface area contributed by atoms with Crippen LogP contribution in [-0.2, 0) is 11.3 Å². The van der Waals surface area contributed by atoms with Crippen molar-refractivity contribution in [1.82, 2.24) is 15.0 Å². The number of phenolic OH excluding ortho intramolecular Hbond substituents is 1. The molecule has 8 nitrogen and oxygen atoms in total. The molecule has 36 heavy (non-hydrogen) atoms. The fourth-order valence-electron chi connectivity index (χ4n) is 3.84. The molecule has 182 valence electrons. The molecule has 2 N–H and O–H groups in total. The largest absolute Gasteiger partial charge is 0.508 e. The third-order valence-electron chi connectivity index (χ3n) is 5.68. The molecule has 1 saturated heterocycles. The number of hydrogen-bond acceptors (Lipinski definition) is 8. The van der Waals surface area contributed by atoms with Gasteiger partial charge in [-0.25, -0.2) is 14.4 Å². The van der Waals surface area contributed by atoms with Crippen LogP contribution in [0.25, 0.3) is 11.1 Å². The molecule has 0 unspecified atom stereocenters. The van der Waals surface area contributed by atoms with Gasteiger partial charge in [0.25, 0.3) is 0 Å². The smallest absolute Gasteiger partial charge is 0.183 e. The number of phenols is 1. The molecular weight excluding hydrogens is 459 g/mol. The molecule has 0 aliphatic carbocycles. The van der Waals surface area contributed by atoms with Crippen LogP contribution in [0.1, 0.15) is 11.5 Å². The first-order valence-corrected chi connectivity index (χ1v) is 11.6. The topological polar surface area (TPSA) is 95.8 Å². The van der Waals surface area contributed by atoms with Gasteiger partial charge in [-0.2, -0.15) is 0 Å². The maximum Gasteiger partial charge on any atom is 0.183 e. The average molecular weight is 485 g/mol.